The van der Waals surface area contributed by atoms with Gasteiger partial charge >= 0.3 is 11.9 Å². The standard InChI is InChI=1S/C19H19ClN2O5S/c1-4-27-19(25)13-12(10-7-5-6-8-11(10)20)14(18(24)26-3)17-22(15(13)21)16(23)9(2)28-17/h5-9,12H,4,21H2,1-3H3. The van der Waals surface area contributed by atoms with Crippen molar-refractivity contribution in [2.45, 2.75) is 25.0 Å². The molecular formula is C19H19ClN2O5S. The molecule has 0 aromatic heterocycles. The summed E-state index contributed by atoms with van der Waals surface area (Å²) in [5, 5.41) is 0.224. The molecule has 2 atom stereocenters. The van der Waals surface area contributed by atoms with Crippen molar-refractivity contribution in [2.75, 3.05) is 13.7 Å². The third-order valence-electron chi connectivity index (χ3n) is 4.50. The molecule has 9 heteroatoms. The van der Waals surface area contributed by atoms with Crippen molar-refractivity contribution >= 4 is 41.2 Å². The summed E-state index contributed by atoms with van der Waals surface area (Å²) in [7, 11) is 1.24. The van der Waals surface area contributed by atoms with Gasteiger partial charge in [-0.25, -0.2) is 9.59 Å². The lowest BCUT2D eigenvalue weighted by Gasteiger charge is -2.33. The van der Waals surface area contributed by atoms with Crippen molar-refractivity contribution in [1.29, 1.82) is 0 Å². The number of halogens is 1. The number of carbonyl (C=O) groups excluding carboxylic acids is 3. The summed E-state index contributed by atoms with van der Waals surface area (Å²) < 4.78 is 10.2. The number of carbonyl (C=O) groups is 3. The zero-order valence-corrected chi connectivity index (χ0v) is 17.1. The second-order valence-corrected chi connectivity index (χ2v) is 7.85. The molecular weight excluding hydrogens is 404 g/mol. The molecule has 0 radical (unpaired) electrons. The maximum Gasteiger partial charge on any atom is 0.338 e. The van der Waals surface area contributed by atoms with Crippen LogP contribution in [0, 0.1) is 0 Å². The van der Waals surface area contributed by atoms with Crippen molar-refractivity contribution in [3.05, 3.63) is 56.8 Å². The second-order valence-electron chi connectivity index (χ2n) is 6.12. The van der Waals surface area contributed by atoms with E-state index in [1.54, 1.807) is 38.1 Å². The molecule has 0 saturated carbocycles. The summed E-state index contributed by atoms with van der Waals surface area (Å²) >= 11 is 7.58. The first kappa shape index (κ1) is 20.3. The normalized spacial score (nSPS) is 21.7. The van der Waals surface area contributed by atoms with Gasteiger partial charge in [0, 0.05) is 5.02 Å². The van der Waals surface area contributed by atoms with Crippen LogP contribution >= 0.6 is 23.4 Å². The first-order valence-electron chi connectivity index (χ1n) is 8.57. The Labute approximate surface area is 171 Å². The van der Waals surface area contributed by atoms with Crippen LogP contribution in [0.3, 0.4) is 0 Å². The number of fused-ring (bicyclic) bond motifs is 1. The van der Waals surface area contributed by atoms with Gasteiger partial charge in [0.25, 0.3) is 0 Å². The number of amides is 1. The molecule has 0 spiro atoms. The summed E-state index contributed by atoms with van der Waals surface area (Å²) in [5.74, 6) is -2.69. The van der Waals surface area contributed by atoms with Gasteiger partial charge in [-0.2, -0.15) is 0 Å². The van der Waals surface area contributed by atoms with Crippen LogP contribution in [-0.4, -0.2) is 41.7 Å². The lowest BCUT2D eigenvalue weighted by molar-refractivity contribution is -0.139. The van der Waals surface area contributed by atoms with Crippen LogP contribution < -0.4 is 5.73 Å². The Morgan fingerprint density at radius 2 is 1.93 bits per heavy atom. The van der Waals surface area contributed by atoms with Gasteiger partial charge in [-0.3, -0.25) is 9.69 Å². The molecule has 3 rings (SSSR count). The van der Waals surface area contributed by atoms with Crippen LogP contribution in [0.15, 0.2) is 46.3 Å². The van der Waals surface area contributed by atoms with Gasteiger partial charge in [0.2, 0.25) is 5.91 Å². The molecule has 28 heavy (non-hydrogen) atoms. The first-order valence-corrected chi connectivity index (χ1v) is 9.83. The third kappa shape index (κ3) is 3.16. The number of methoxy groups -OCH3 is 1. The highest BCUT2D eigenvalue weighted by Crippen LogP contribution is 2.50. The van der Waals surface area contributed by atoms with E-state index in [4.69, 9.17) is 26.8 Å². The number of benzene rings is 1. The number of esters is 2. The first-order chi connectivity index (χ1) is 13.3. The van der Waals surface area contributed by atoms with E-state index in [2.05, 4.69) is 0 Å². The molecule has 1 saturated heterocycles. The quantitative estimate of drug-likeness (QED) is 0.744. The van der Waals surface area contributed by atoms with Gasteiger partial charge in [-0.15, -0.1) is 0 Å². The molecule has 2 N–H and O–H groups in total. The Morgan fingerprint density at radius 1 is 1.25 bits per heavy atom. The van der Waals surface area contributed by atoms with Gasteiger partial charge in [-0.1, -0.05) is 41.6 Å². The fourth-order valence-corrected chi connectivity index (χ4v) is 4.68. The number of rotatable bonds is 4. The van der Waals surface area contributed by atoms with Crippen LogP contribution in [0.25, 0.3) is 0 Å². The lowest BCUT2D eigenvalue weighted by atomic mass is 9.82. The van der Waals surface area contributed by atoms with E-state index in [-0.39, 0.29) is 29.5 Å². The summed E-state index contributed by atoms with van der Waals surface area (Å²) in [6.07, 6.45) is 0. The predicted molar refractivity (Wildman–Crippen MR) is 105 cm³/mol. The van der Waals surface area contributed by atoms with Crippen LogP contribution in [0.1, 0.15) is 25.3 Å². The zero-order valence-electron chi connectivity index (χ0n) is 15.5. The van der Waals surface area contributed by atoms with Crippen molar-refractivity contribution in [1.82, 2.24) is 4.90 Å². The minimum Gasteiger partial charge on any atom is -0.466 e. The number of nitrogens with zero attached hydrogens (tertiary/aromatic N) is 1. The van der Waals surface area contributed by atoms with Crippen LogP contribution in [-0.2, 0) is 23.9 Å². The average Bonchev–Trinajstić information content (AvgIpc) is 2.96. The number of hydrogen-bond acceptors (Lipinski definition) is 7. The maximum absolute atomic E-state index is 12.8. The topological polar surface area (TPSA) is 98.9 Å². The molecule has 148 valence electrons. The zero-order chi connectivity index (χ0) is 20.6. The fraction of sp³-hybridized carbons (Fsp3) is 0.316. The highest BCUT2D eigenvalue weighted by molar-refractivity contribution is 8.04. The van der Waals surface area contributed by atoms with Crippen molar-refractivity contribution in [2.24, 2.45) is 5.73 Å². The predicted octanol–water partition coefficient (Wildman–Crippen LogP) is 2.52. The van der Waals surface area contributed by atoms with Gasteiger partial charge in [-0.05, 0) is 25.5 Å². The van der Waals surface area contributed by atoms with Gasteiger partial charge in [0.1, 0.15) is 5.82 Å². The Bertz CT molecular complexity index is 927. The molecule has 0 aliphatic carbocycles. The molecule has 0 bridgehead atoms. The van der Waals surface area contributed by atoms with Gasteiger partial charge in [0.15, 0.2) is 0 Å². The molecule has 1 aromatic rings. The Morgan fingerprint density at radius 3 is 2.54 bits per heavy atom. The van der Waals surface area contributed by atoms with Crippen molar-refractivity contribution < 1.29 is 23.9 Å². The molecule has 1 fully saturated rings. The molecule has 1 amide bonds. The van der Waals surface area contributed by atoms with Crippen LogP contribution in [0.4, 0.5) is 0 Å². The number of hydrogen-bond donors (Lipinski definition) is 1. The maximum atomic E-state index is 12.8. The van der Waals surface area contributed by atoms with E-state index in [0.29, 0.717) is 15.6 Å². The SMILES string of the molecule is CCOC(=O)C1=C(N)N2C(=O)C(C)SC2=C(C(=O)OC)C1c1ccccc1Cl. The molecule has 2 aliphatic heterocycles. The van der Waals surface area contributed by atoms with E-state index >= 15 is 0 Å². The largest absolute Gasteiger partial charge is 0.466 e. The number of ether oxygens (including phenoxy) is 2. The summed E-state index contributed by atoms with van der Waals surface area (Å²) in [6, 6.07) is 6.82. The van der Waals surface area contributed by atoms with Crippen LogP contribution in [0.5, 0.6) is 0 Å². The Hall–Kier alpha value is -2.45. The van der Waals surface area contributed by atoms with Gasteiger partial charge < -0.3 is 15.2 Å². The van der Waals surface area contributed by atoms with Crippen LogP contribution in [0.2, 0.25) is 5.02 Å². The summed E-state index contributed by atoms with van der Waals surface area (Å²) in [4.78, 5) is 39.4. The minimum atomic E-state index is -0.919. The van der Waals surface area contributed by atoms with Gasteiger partial charge in [0.05, 0.1) is 41.1 Å². The Kier molecular flexibility index (Phi) is 5.71. The molecule has 2 aliphatic rings. The second kappa shape index (κ2) is 7.89. The fourth-order valence-electron chi connectivity index (χ4n) is 3.27. The number of thioether (sulfide) groups is 1. The summed E-state index contributed by atoms with van der Waals surface area (Å²) in [6.45, 7) is 3.46. The third-order valence-corrected chi connectivity index (χ3v) is 6.03. The van der Waals surface area contributed by atoms with Crippen molar-refractivity contribution in [3.8, 4) is 0 Å². The molecule has 7 nitrogen and oxygen atoms in total. The lowest BCUT2D eigenvalue weighted by Crippen LogP contribution is -2.40. The highest BCUT2D eigenvalue weighted by Gasteiger charge is 2.49. The van der Waals surface area contributed by atoms with E-state index in [1.165, 1.54) is 23.8 Å². The molecule has 2 heterocycles. The van der Waals surface area contributed by atoms with E-state index in [1.807, 2.05) is 0 Å². The molecule has 1 aromatic carbocycles. The van der Waals surface area contributed by atoms with E-state index in [9.17, 15) is 14.4 Å². The van der Waals surface area contributed by atoms with E-state index < -0.39 is 23.1 Å². The molecule has 2 unspecified atom stereocenters. The van der Waals surface area contributed by atoms with Crippen molar-refractivity contribution in [3.63, 3.8) is 0 Å². The highest BCUT2D eigenvalue weighted by atomic mass is 35.5. The monoisotopic (exact) mass is 422 g/mol. The smallest absolute Gasteiger partial charge is 0.338 e. The van der Waals surface area contributed by atoms with E-state index in [0.717, 1.165) is 0 Å². The Balaban J connectivity index is 2.34. The minimum absolute atomic E-state index is 0.0119. The average molecular weight is 423 g/mol. The number of nitrogens with two attached hydrogens (primary N) is 1. The summed E-state index contributed by atoms with van der Waals surface area (Å²) in [5.41, 5.74) is 6.89.